The van der Waals surface area contributed by atoms with Crippen molar-refractivity contribution < 1.29 is 9.53 Å². The van der Waals surface area contributed by atoms with Gasteiger partial charge in [0.1, 0.15) is 5.75 Å². The number of hydrogen-bond acceptors (Lipinski definition) is 3. The van der Waals surface area contributed by atoms with Crippen molar-refractivity contribution in [3.8, 4) is 5.75 Å². The Kier molecular flexibility index (Phi) is 5.36. The summed E-state index contributed by atoms with van der Waals surface area (Å²) < 4.78 is 8.20. The molecule has 1 N–H and O–H groups in total. The molecule has 0 aliphatic carbocycles. The van der Waals surface area contributed by atoms with Crippen LogP contribution in [0.3, 0.4) is 0 Å². The smallest absolute Gasteiger partial charge is 0.271 e. The fourth-order valence-corrected chi connectivity index (χ4v) is 4.07. The minimum atomic E-state index is -0.284. The molecule has 0 radical (unpaired) electrons. The van der Waals surface area contributed by atoms with Crippen LogP contribution >= 0.6 is 15.9 Å². The third kappa shape index (κ3) is 3.63. The standard InChI is InChI=1S/C23H20BrN3O2/c1-3-27-20-7-5-4-6-17(20)18-12-15(8-10-21(18)27)14-25-26-23(28)16-9-11-22(29-2)19(24)13-16/h4-14H,3H2,1-2H3,(H,26,28). The normalized spacial score (nSPS) is 11.4. The first-order valence-corrected chi connectivity index (χ1v) is 10.1. The lowest BCUT2D eigenvalue weighted by atomic mass is 10.1. The summed E-state index contributed by atoms with van der Waals surface area (Å²) >= 11 is 3.39. The predicted octanol–water partition coefficient (Wildman–Crippen LogP) is 5.35. The van der Waals surface area contributed by atoms with Crippen LogP contribution in [0.25, 0.3) is 21.8 Å². The SMILES string of the molecule is CCn1c2ccccc2c2cc(C=NNC(=O)c3ccc(OC)c(Br)c3)ccc21. The highest BCUT2D eigenvalue weighted by Crippen LogP contribution is 2.29. The number of halogens is 1. The zero-order chi connectivity index (χ0) is 20.4. The number of amides is 1. The van der Waals surface area contributed by atoms with Crippen LogP contribution in [0.1, 0.15) is 22.8 Å². The van der Waals surface area contributed by atoms with E-state index < -0.39 is 0 Å². The van der Waals surface area contributed by atoms with Gasteiger partial charge in [-0.15, -0.1) is 0 Å². The molecule has 0 saturated carbocycles. The summed E-state index contributed by atoms with van der Waals surface area (Å²) in [6.07, 6.45) is 1.66. The van der Waals surface area contributed by atoms with Gasteiger partial charge in [0.2, 0.25) is 0 Å². The predicted molar refractivity (Wildman–Crippen MR) is 121 cm³/mol. The summed E-state index contributed by atoms with van der Waals surface area (Å²) in [6, 6.07) is 19.7. The van der Waals surface area contributed by atoms with Gasteiger partial charge in [-0.3, -0.25) is 4.79 Å². The van der Waals surface area contributed by atoms with Gasteiger partial charge in [-0.25, -0.2) is 5.43 Å². The Bertz CT molecular complexity index is 1240. The minimum Gasteiger partial charge on any atom is -0.496 e. The number of hydrogen-bond donors (Lipinski definition) is 1. The van der Waals surface area contributed by atoms with Crippen LogP contribution in [-0.2, 0) is 6.54 Å². The van der Waals surface area contributed by atoms with Crippen LogP contribution in [0.5, 0.6) is 5.75 Å². The number of nitrogens with one attached hydrogen (secondary N) is 1. The molecule has 6 heteroatoms. The second kappa shape index (κ2) is 8.09. The van der Waals surface area contributed by atoms with Gasteiger partial charge in [-0.1, -0.05) is 24.3 Å². The number of aromatic nitrogens is 1. The van der Waals surface area contributed by atoms with Gasteiger partial charge in [0.25, 0.3) is 5.91 Å². The van der Waals surface area contributed by atoms with E-state index in [1.807, 2.05) is 6.07 Å². The molecule has 0 saturated heterocycles. The van der Waals surface area contributed by atoms with Crippen LogP contribution in [0.2, 0.25) is 0 Å². The van der Waals surface area contributed by atoms with Crippen molar-refractivity contribution in [1.82, 2.24) is 9.99 Å². The topological polar surface area (TPSA) is 55.6 Å². The molecular formula is C23H20BrN3O2. The first-order valence-electron chi connectivity index (χ1n) is 9.30. The number of carbonyl (C=O) groups excluding carboxylic acids is 1. The second-order valence-corrected chi connectivity index (χ2v) is 7.44. The summed E-state index contributed by atoms with van der Waals surface area (Å²) in [6.45, 7) is 3.05. The van der Waals surface area contributed by atoms with Crippen molar-refractivity contribution in [3.63, 3.8) is 0 Å². The fraction of sp³-hybridized carbons (Fsp3) is 0.130. The summed E-state index contributed by atoms with van der Waals surface area (Å²) in [5.41, 5.74) is 6.41. The molecule has 29 heavy (non-hydrogen) atoms. The number of fused-ring (bicyclic) bond motifs is 3. The minimum absolute atomic E-state index is 0.284. The van der Waals surface area contributed by atoms with Gasteiger partial charge in [0.05, 0.1) is 17.8 Å². The zero-order valence-electron chi connectivity index (χ0n) is 16.1. The van der Waals surface area contributed by atoms with Crippen LogP contribution in [0.15, 0.2) is 70.2 Å². The first kappa shape index (κ1) is 19.2. The van der Waals surface area contributed by atoms with Crippen LogP contribution in [0, 0.1) is 0 Å². The lowest BCUT2D eigenvalue weighted by molar-refractivity contribution is 0.0955. The molecule has 0 aliphatic heterocycles. The maximum Gasteiger partial charge on any atom is 0.271 e. The van der Waals surface area contributed by atoms with E-state index in [2.05, 4.69) is 74.3 Å². The molecule has 0 fully saturated rings. The Morgan fingerprint density at radius 3 is 2.66 bits per heavy atom. The molecule has 4 aromatic rings. The van der Waals surface area contributed by atoms with Crippen molar-refractivity contribution in [2.75, 3.05) is 7.11 Å². The van der Waals surface area contributed by atoms with E-state index >= 15 is 0 Å². The lowest BCUT2D eigenvalue weighted by Gasteiger charge is -2.05. The molecule has 4 rings (SSSR count). The Balaban J connectivity index is 1.58. The summed E-state index contributed by atoms with van der Waals surface area (Å²) in [4.78, 5) is 12.3. The lowest BCUT2D eigenvalue weighted by Crippen LogP contribution is -2.17. The number of aryl methyl sites for hydroxylation is 1. The van der Waals surface area contributed by atoms with Crippen LogP contribution < -0.4 is 10.2 Å². The van der Waals surface area contributed by atoms with Crippen molar-refractivity contribution in [3.05, 3.63) is 76.3 Å². The molecule has 1 heterocycles. The highest BCUT2D eigenvalue weighted by Gasteiger charge is 2.10. The Morgan fingerprint density at radius 2 is 1.90 bits per heavy atom. The summed E-state index contributed by atoms with van der Waals surface area (Å²) in [7, 11) is 1.58. The third-order valence-corrected chi connectivity index (χ3v) is 5.53. The number of rotatable bonds is 5. The monoisotopic (exact) mass is 449 g/mol. The van der Waals surface area contributed by atoms with E-state index in [0.29, 0.717) is 11.3 Å². The number of ether oxygens (including phenoxy) is 1. The van der Waals surface area contributed by atoms with Gasteiger partial charge >= 0.3 is 0 Å². The van der Waals surface area contributed by atoms with Crippen molar-refractivity contribution >= 4 is 49.9 Å². The number of carbonyl (C=O) groups is 1. The number of para-hydroxylation sites is 1. The first-order chi connectivity index (χ1) is 14.1. The molecule has 0 atom stereocenters. The van der Waals surface area contributed by atoms with Gasteiger partial charge in [0.15, 0.2) is 0 Å². The molecule has 1 aromatic heterocycles. The van der Waals surface area contributed by atoms with Crippen LogP contribution in [0.4, 0.5) is 0 Å². The maximum atomic E-state index is 12.3. The van der Waals surface area contributed by atoms with E-state index in [4.69, 9.17) is 4.74 Å². The number of hydrazone groups is 1. The Labute approximate surface area is 177 Å². The van der Waals surface area contributed by atoms with E-state index in [9.17, 15) is 4.79 Å². The quantitative estimate of drug-likeness (QED) is 0.329. The Morgan fingerprint density at radius 1 is 1.10 bits per heavy atom. The van der Waals surface area contributed by atoms with Gasteiger partial charge in [0, 0.05) is 33.9 Å². The number of benzene rings is 3. The molecule has 3 aromatic carbocycles. The summed E-state index contributed by atoms with van der Waals surface area (Å²) in [5, 5.41) is 6.52. The second-order valence-electron chi connectivity index (χ2n) is 6.59. The van der Waals surface area contributed by atoms with Gasteiger partial charge < -0.3 is 9.30 Å². The van der Waals surface area contributed by atoms with Crippen molar-refractivity contribution in [1.29, 1.82) is 0 Å². The molecule has 0 unspecified atom stereocenters. The van der Waals surface area contributed by atoms with E-state index in [1.54, 1.807) is 31.5 Å². The molecule has 0 aliphatic rings. The van der Waals surface area contributed by atoms with Crippen LogP contribution in [-0.4, -0.2) is 23.8 Å². The number of nitrogens with zero attached hydrogens (tertiary/aromatic N) is 2. The fourth-order valence-electron chi connectivity index (χ4n) is 3.53. The Hall–Kier alpha value is -3.12. The molecular weight excluding hydrogens is 430 g/mol. The number of methoxy groups -OCH3 is 1. The third-order valence-electron chi connectivity index (χ3n) is 4.91. The molecule has 0 bridgehead atoms. The average Bonchev–Trinajstić information content (AvgIpc) is 3.06. The van der Waals surface area contributed by atoms with Gasteiger partial charge in [-0.05, 0) is 64.8 Å². The summed E-state index contributed by atoms with van der Waals surface area (Å²) in [5.74, 6) is 0.387. The zero-order valence-corrected chi connectivity index (χ0v) is 17.7. The average molecular weight is 450 g/mol. The van der Waals surface area contributed by atoms with E-state index in [-0.39, 0.29) is 5.91 Å². The van der Waals surface area contributed by atoms with E-state index in [1.165, 1.54) is 21.8 Å². The van der Waals surface area contributed by atoms with E-state index in [0.717, 1.165) is 16.6 Å². The largest absolute Gasteiger partial charge is 0.496 e. The molecule has 146 valence electrons. The maximum absolute atomic E-state index is 12.3. The molecule has 1 amide bonds. The highest BCUT2D eigenvalue weighted by atomic mass is 79.9. The van der Waals surface area contributed by atoms with Crippen molar-refractivity contribution in [2.24, 2.45) is 5.10 Å². The van der Waals surface area contributed by atoms with Crippen molar-refractivity contribution in [2.45, 2.75) is 13.5 Å². The molecule has 0 spiro atoms. The van der Waals surface area contributed by atoms with Gasteiger partial charge in [-0.2, -0.15) is 5.10 Å². The molecule has 5 nitrogen and oxygen atoms in total. The highest BCUT2D eigenvalue weighted by molar-refractivity contribution is 9.10.